The van der Waals surface area contributed by atoms with Crippen molar-refractivity contribution >= 4 is 5.91 Å². The van der Waals surface area contributed by atoms with Crippen molar-refractivity contribution in [3.63, 3.8) is 0 Å². The average molecular weight is 330 g/mol. The number of hydrogen-bond donors (Lipinski definition) is 1. The van der Waals surface area contributed by atoms with Crippen LogP contribution in [0, 0.1) is 0 Å². The highest BCUT2D eigenvalue weighted by atomic mass is 16.5. The molecule has 0 unspecified atom stereocenters. The summed E-state index contributed by atoms with van der Waals surface area (Å²) in [5.41, 5.74) is 0. The third-order valence-electron chi connectivity index (χ3n) is 4.91. The van der Waals surface area contributed by atoms with Gasteiger partial charge in [0.25, 0.3) is 0 Å². The fourth-order valence-electron chi connectivity index (χ4n) is 3.71. The van der Waals surface area contributed by atoms with Gasteiger partial charge in [0, 0.05) is 12.6 Å². The predicted molar refractivity (Wildman–Crippen MR) is 86.0 cm³/mol. The summed E-state index contributed by atoms with van der Waals surface area (Å²) in [6.07, 6.45) is 5.78. The Labute approximate surface area is 140 Å². The molecule has 0 spiro atoms. The van der Waals surface area contributed by atoms with Gasteiger partial charge < -0.3 is 18.9 Å². The molecule has 2 aromatic rings. The van der Waals surface area contributed by atoms with E-state index in [2.05, 4.69) is 10.2 Å². The third kappa shape index (κ3) is 3.25. The molecule has 0 aliphatic carbocycles. The van der Waals surface area contributed by atoms with Crippen LogP contribution in [0.1, 0.15) is 30.8 Å². The zero-order chi connectivity index (χ0) is 16.4. The number of carbonyl (C=O) groups is 1. The number of rotatable bonds is 5. The number of amides is 1. The van der Waals surface area contributed by atoms with Gasteiger partial charge in [-0.2, -0.15) is 0 Å². The largest absolute Gasteiger partial charge is 0.468 e. The first-order valence-electron chi connectivity index (χ1n) is 8.51. The van der Waals surface area contributed by atoms with E-state index in [0.29, 0.717) is 12.6 Å². The van der Waals surface area contributed by atoms with Gasteiger partial charge in [-0.05, 0) is 43.5 Å². The van der Waals surface area contributed by atoms with E-state index in [0.717, 1.165) is 43.9 Å². The van der Waals surface area contributed by atoms with Gasteiger partial charge in [-0.15, -0.1) is 0 Å². The minimum atomic E-state index is -0.357. The summed E-state index contributed by atoms with van der Waals surface area (Å²) in [4.78, 5) is 14.7. The Kier molecular flexibility index (Phi) is 4.40. The minimum absolute atomic E-state index is 0.0469. The SMILES string of the molecule is O=C(NCc1ccco1)[C@H]1CC[C@@H]2[C@@H](CCN2Cc2ccco2)O1. The van der Waals surface area contributed by atoms with E-state index >= 15 is 0 Å². The summed E-state index contributed by atoms with van der Waals surface area (Å²) in [6.45, 7) is 2.20. The van der Waals surface area contributed by atoms with Gasteiger partial charge in [0.1, 0.15) is 17.6 Å². The molecule has 4 rings (SSSR count). The van der Waals surface area contributed by atoms with Crippen LogP contribution in [0.2, 0.25) is 0 Å². The van der Waals surface area contributed by atoms with Crippen LogP contribution in [0.25, 0.3) is 0 Å². The number of furan rings is 2. The summed E-state index contributed by atoms with van der Waals surface area (Å²) in [7, 11) is 0. The lowest BCUT2D eigenvalue weighted by Crippen LogP contribution is -2.47. The molecule has 2 aromatic heterocycles. The van der Waals surface area contributed by atoms with Gasteiger partial charge in [0.2, 0.25) is 5.91 Å². The molecule has 24 heavy (non-hydrogen) atoms. The van der Waals surface area contributed by atoms with Gasteiger partial charge in [0.05, 0.1) is 31.7 Å². The highest BCUT2D eigenvalue weighted by Gasteiger charge is 2.41. The fraction of sp³-hybridized carbons (Fsp3) is 0.500. The molecule has 0 saturated carbocycles. The van der Waals surface area contributed by atoms with Gasteiger partial charge in [-0.1, -0.05) is 0 Å². The quantitative estimate of drug-likeness (QED) is 0.911. The molecule has 4 heterocycles. The molecule has 2 aliphatic heterocycles. The molecular weight excluding hydrogens is 308 g/mol. The summed E-state index contributed by atoms with van der Waals surface area (Å²) in [5.74, 6) is 1.69. The van der Waals surface area contributed by atoms with E-state index in [1.54, 1.807) is 12.5 Å². The van der Waals surface area contributed by atoms with Crippen molar-refractivity contribution in [3.8, 4) is 0 Å². The van der Waals surface area contributed by atoms with Crippen molar-refractivity contribution in [2.75, 3.05) is 6.54 Å². The third-order valence-corrected chi connectivity index (χ3v) is 4.91. The first kappa shape index (κ1) is 15.5. The van der Waals surface area contributed by atoms with Crippen LogP contribution in [-0.2, 0) is 22.6 Å². The molecule has 0 radical (unpaired) electrons. The normalized spacial score (nSPS) is 27.1. The van der Waals surface area contributed by atoms with E-state index < -0.39 is 0 Å². The summed E-state index contributed by atoms with van der Waals surface area (Å²) >= 11 is 0. The van der Waals surface area contributed by atoms with Crippen molar-refractivity contribution < 1.29 is 18.4 Å². The van der Waals surface area contributed by atoms with E-state index in [-0.39, 0.29) is 18.1 Å². The molecule has 3 atom stereocenters. The smallest absolute Gasteiger partial charge is 0.249 e. The van der Waals surface area contributed by atoms with E-state index in [1.807, 2.05) is 24.3 Å². The Morgan fingerprint density at radius 2 is 1.92 bits per heavy atom. The lowest BCUT2D eigenvalue weighted by atomic mass is 9.98. The monoisotopic (exact) mass is 330 g/mol. The van der Waals surface area contributed by atoms with Gasteiger partial charge in [-0.25, -0.2) is 0 Å². The van der Waals surface area contributed by atoms with Crippen molar-refractivity contribution in [2.45, 2.75) is 50.6 Å². The molecule has 6 heteroatoms. The number of fused-ring (bicyclic) bond motifs is 1. The van der Waals surface area contributed by atoms with Crippen LogP contribution in [-0.4, -0.2) is 35.6 Å². The molecule has 0 aromatic carbocycles. The van der Waals surface area contributed by atoms with Gasteiger partial charge in [0.15, 0.2) is 0 Å². The van der Waals surface area contributed by atoms with Crippen molar-refractivity contribution in [2.24, 2.45) is 0 Å². The highest BCUT2D eigenvalue weighted by Crippen LogP contribution is 2.32. The van der Waals surface area contributed by atoms with Crippen LogP contribution in [0.4, 0.5) is 0 Å². The Bertz CT molecular complexity index is 653. The van der Waals surface area contributed by atoms with Crippen molar-refractivity contribution in [1.82, 2.24) is 10.2 Å². The molecule has 2 fully saturated rings. The molecule has 1 N–H and O–H groups in total. The average Bonchev–Trinajstić information content (AvgIpc) is 3.35. The second kappa shape index (κ2) is 6.83. The topological polar surface area (TPSA) is 67.9 Å². The number of hydrogen-bond acceptors (Lipinski definition) is 5. The van der Waals surface area contributed by atoms with E-state index in [4.69, 9.17) is 13.6 Å². The lowest BCUT2D eigenvalue weighted by Gasteiger charge is -2.35. The molecular formula is C18H22N2O4. The van der Waals surface area contributed by atoms with Gasteiger partial charge >= 0.3 is 0 Å². The maximum atomic E-state index is 12.3. The summed E-state index contributed by atoms with van der Waals surface area (Å²) in [5, 5.41) is 2.90. The Morgan fingerprint density at radius 3 is 2.67 bits per heavy atom. The number of likely N-dealkylation sites (tertiary alicyclic amines) is 1. The Morgan fingerprint density at radius 1 is 1.12 bits per heavy atom. The standard InChI is InChI=1S/C18H22N2O4/c21-18(19-11-13-3-1-9-22-13)17-6-5-15-16(24-17)7-8-20(15)12-14-4-2-10-23-14/h1-4,9-10,15-17H,5-8,11-12H2,(H,19,21)/t15-,16-,17-/m1/s1. The van der Waals surface area contributed by atoms with Crippen LogP contribution >= 0.6 is 0 Å². The Balaban J connectivity index is 1.29. The molecule has 6 nitrogen and oxygen atoms in total. The number of carbonyl (C=O) groups excluding carboxylic acids is 1. The Hall–Kier alpha value is -2.05. The van der Waals surface area contributed by atoms with E-state index in [9.17, 15) is 4.79 Å². The highest BCUT2D eigenvalue weighted by molar-refractivity contribution is 5.80. The second-order valence-electron chi connectivity index (χ2n) is 6.44. The first-order valence-corrected chi connectivity index (χ1v) is 8.51. The maximum absolute atomic E-state index is 12.3. The van der Waals surface area contributed by atoms with Crippen molar-refractivity contribution in [1.29, 1.82) is 0 Å². The van der Waals surface area contributed by atoms with Crippen LogP contribution in [0.5, 0.6) is 0 Å². The summed E-state index contributed by atoms with van der Waals surface area (Å²) < 4.78 is 16.8. The summed E-state index contributed by atoms with van der Waals surface area (Å²) in [6, 6.07) is 7.96. The molecule has 0 bridgehead atoms. The number of nitrogens with zero attached hydrogens (tertiary/aromatic N) is 1. The van der Waals surface area contributed by atoms with Gasteiger partial charge in [-0.3, -0.25) is 9.69 Å². The molecule has 1 amide bonds. The zero-order valence-corrected chi connectivity index (χ0v) is 13.5. The lowest BCUT2D eigenvalue weighted by molar-refractivity contribution is -0.144. The predicted octanol–water partition coefficient (Wildman–Crippen LogP) is 2.31. The minimum Gasteiger partial charge on any atom is -0.468 e. The maximum Gasteiger partial charge on any atom is 0.249 e. The van der Waals surface area contributed by atoms with Crippen LogP contribution < -0.4 is 5.32 Å². The molecule has 128 valence electrons. The molecule has 2 saturated heterocycles. The van der Waals surface area contributed by atoms with Crippen LogP contribution in [0.15, 0.2) is 45.6 Å². The van der Waals surface area contributed by atoms with Crippen LogP contribution in [0.3, 0.4) is 0 Å². The zero-order valence-electron chi connectivity index (χ0n) is 13.5. The number of nitrogens with one attached hydrogen (secondary N) is 1. The fourth-order valence-corrected chi connectivity index (χ4v) is 3.71. The molecule has 2 aliphatic rings. The van der Waals surface area contributed by atoms with E-state index in [1.165, 1.54) is 0 Å². The first-order chi connectivity index (χ1) is 11.8. The number of ether oxygens (including phenoxy) is 1. The van der Waals surface area contributed by atoms with Crippen molar-refractivity contribution in [3.05, 3.63) is 48.3 Å². The second-order valence-corrected chi connectivity index (χ2v) is 6.44.